The van der Waals surface area contributed by atoms with Crippen molar-refractivity contribution in [1.29, 1.82) is 0 Å². The van der Waals surface area contributed by atoms with Crippen molar-refractivity contribution in [3.63, 3.8) is 0 Å². The Bertz CT molecular complexity index is 306. The van der Waals surface area contributed by atoms with Gasteiger partial charge in [-0.05, 0) is 32.1 Å². The molecule has 6 heteroatoms. The van der Waals surface area contributed by atoms with E-state index in [2.05, 4.69) is 5.32 Å². The van der Waals surface area contributed by atoms with Crippen LogP contribution >= 0.6 is 0 Å². The summed E-state index contributed by atoms with van der Waals surface area (Å²) in [6, 6.07) is -0.265. The summed E-state index contributed by atoms with van der Waals surface area (Å²) in [7, 11) is 0. The van der Waals surface area contributed by atoms with Crippen molar-refractivity contribution in [2.24, 2.45) is 11.8 Å². The lowest BCUT2D eigenvalue weighted by Crippen LogP contribution is -2.46. The van der Waals surface area contributed by atoms with Gasteiger partial charge in [-0.2, -0.15) is 0 Å². The van der Waals surface area contributed by atoms with E-state index in [0.29, 0.717) is 12.5 Å². The number of aliphatic carboxylic acids is 1. The molecule has 0 aromatic heterocycles. The number of amides is 2. The number of carboxylic acids is 1. The third-order valence-corrected chi connectivity index (χ3v) is 3.04. The van der Waals surface area contributed by atoms with E-state index in [4.69, 9.17) is 10.2 Å². The number of carboxylic acid groups (broad SMARTS) is 1. The molecular formula is C14H28N2O4. The molecule has 1 atom stereocenters. The van der Waals surface area contributed by atoms with Crippen molar-refractivity contribution in [3.05, 3.63) is 0 Å². The summed E-state index contributed by atoms with van der Waals surface area (Å²) < 4.78 is 0. The Morgan fingerprint density at radius 2 is 1.80 bits per heavy atom. The first kappa shape index (κ1) is 18.7. The maximum Gasteiger partial charge on any atom is 0.317 e. The van der Waals surface area contributed by atoms with Gasteiger partial charge in [-0.3, -0.25) is 4.79 Å². The van der Waals surface area contributed by atoms with Crippen LogP contribution in [0, 0.1) is 11.8 Å². The van der Waals surface area contributed by atoms with E-state index in [1.54, 1.807) is 0 Å². The number of urea groups is 1. The van der Waals surface area contributed by atoms with Crippen LogP contribution in [0.3, 0.4) is 0 Å². The van der Waals surface area contributed by atoms with Gasteiger partial charge in [0.05, 0.1) is 6.61 Å². The molecule has 0 heterocycles. The molecule has 0 rings (SSSR count). The molecule has 0 aliphatic rings. The third-order valence-electron chi connectivity index (χ3n) is 3.04. The standard InChI is InChI=1S/C14H28N2O4/c1-10(2)7-12(8-13(18)19)9-15-14(20)16(5-6-17)11(3)4/h10-12,17H,5-9H2,1-4H3,(H,15,20)(H,18,19)/t12-/m0/s1. The van der Waals surface area contributed by atoms with E-state index in [1.807, 2.05) is 27.7 Å². The predicted molar refractivity (Wildman–Crippen MR) is 77.5 cm³/mol. The number of rotatable bonds is 9. The van der Waals surface area contributed by atoms with Gasteiger partial charge in [0.2, 0.25) is 0 Å². The Morgan fingerprint density at radius 3 is 2.20 bits per heavy atom. The lowest BCUT2D eigenvalue weighted by molar-refractivity contribution is -0.138. The molecule has 0 aromatic carbocycles. The van der Waals surface area contributed by atoms with Crippen LogP contribution in [0.15, 0.2) is 0 Å². The van der Waals surface area contributed by atoms with Gasteiger partial charge in [0.1, 0.15) is 0 Å². The maximum atomic E-state index is 12.0. The topological polar surface area (TPSA) is 89.9 Å². The smallest absolute Gasteiger partial charge is 0.317 e. The zero-order valence-electron chi connectivity index (χ0n) is 12.9. The van der Waals surface area contributed by atoms with Gasteiger partial charge in [-0.25, -0.2) is 4.79 Å². The number of nitrogens with zero attached hydrogens (tertiary/aromatic N) is 1. The largest absolute Gasteiger partial charge is 0.481 e. The van der Waals surface area contributed by atoms with Gasteiger partial charge in [-0.1, -0.05) is 13.8 Å². The highest BCUT2D eigenvalue weighted by Gasteiger charge is 2.19. The van der Waals surface area contributed by atoms with Crippen LogP contribution in [0.25, 0.3) is 0 Å². The predicted octanol–water partition coefficient (Wildman–Crippen LogP) is 1.54. The number of aliphatic hydroxyl groups excluding tert-OH is 1. The highest BCUT2D eigenvalue weighted by molar-refractivity contribution is 5.74. The van der Waals surface area contributed by atoms with Gasteiger partial charge >= 0.3 is 12.0 Å². The Labute approximate surface area is 121 Å². The van der Waals surface area contributed by atoms with Gasteiger partial charge in [0, 0.05) is 25.6 Å². The summed E-state index contributed by atoms with van der Waals surface area (Å²) in [5.74, 6) is -0.532. The zero-order chi connectivity index (χ0) is 15.7. The fourth-order valence-corrected chi connectivity index (χ4v) is 2.19. The number of carbonyl (C=O) groups is 2. The third kappa shape index (κ3) is 7.99. The lowest BCUT2D eigenvalue weighted by Gasteiger charge is -2.27. The van der Waals surface area contributed by atoms with Crippen LogP contribution in [0.2, 0.25) is 0 Å². The SMILES string of the molecule is CC(C)C[C@H](CNC(=O)N(CCO)C(C)C)CC(=O)O. The summed E-state index contributed by atoms with van der Waals surface area (Å²) in [6.07, 6.45) is 0.814. The van der Waals surface area contributed by atoms with E-state index in [9.17, 15) is 9.59 Å². The average molecular weight is 288 g/mol. The molecule has 118 valence electrons. The summed E-state index contributed by atoms with van der Waals surface area (Å²) >= 11 is 0. The second kappa shape index (κ2) is 9.58. The van der Waals surface area contributed by atoms with Crippen molar-refractivity contribution < 1.29 is 19.8 Å². The molecule has 0 unspecified atom stereocenters. The fraction of sp³-hybridized carbons (Fsp3) is 0.857. The van der Waals surface area contributed by atoms with Crippen LogP contribution in [-0.2, 0) is 4.79 Å². The molecule has 0 aliphatic carbocycles. The number of aliphatic hydroxyl groups is 1. The minimum atomic E-state index is -0.846. The first-order valence-electron chi connectivity index (χ1n) is 7.15. The fourth-order valence-electron chi connectivity index (χ4n) is 2.19. The van der Waals surface area contributed by atoms with E-state index in [1.165, 1.54) is 4.90 Å². The van der Waals surface area contributed by atoms with Crippen LogP contribution in [0.5, 0.6) is 0 Å². The van der Waals surface area contributed by atoms with E-state index in [0.717, 1.165) is 6.42 Å². The van der Waals surface area contributed by atoms with E-state index in [-0.39, 0.29) is 37.6 Å². The molecule has 2 amide bonds. The average Bonchev–Trinajstić information content (AvgIpc) is 2.30. The monoisotopic (exact) mass is 288 g/mol. The normalized spacial score (nSPS) is 12.6. The van der Waals surface area contributed by atoms with Gasteiger partial charge in [-0.15, -0.1) is 0 Å². The molecular weight excluding hydrogens is 260 g/mol. The van der Waals surface area contributed by atoms with Crippen molar-refractivity contribution in [3.8, 4) is 0 Å². The second-order valence-electron chi connectivity index (χ2n) is 5.79. The first-order valence-corrected chi connectivity index (χ1v) is 7.15. The summed E-state index contributed by atoms with van der Waals surface area (Å²) in [4.78, 5) is 24.4. The Kier molecular flexibility index (Phi) is 8.96. The Balaban J connectivity index is 4.43. The summed E-state index contributed by atoms with van der Waals surface area (Å²) in [5.41, 5.74) is 0. The molecule has 3 N–H and O–H groups in total. The molecule has 0 bridgehead atoms. The molecule has 0 aromatic rings. The second-order valence-corrected chi connectivity index (χ2v) is 5.79. The molecule has 0 saturated carbocycles. The van der Waals surface area contributed by atoms with E-state index < -0.39 is 5.97 Å². The quantitative estimate of drug-likeness (QED) is 0.600. The van der Waals surface area contributed by atoms with Crippen molar-refractivity contribution in [2.45, 2.75) is 46.6 Å². The molecule has 0 spiro atoms. The number of carbonyl (C=O) groups excluding carboxylic acids is 1. The molecule has 6 nitrogen and oxygen atoms in total. The van der Waals surface area contributed by atoms with Crippen LogP contribution < -0.4 is 5.32 Å². The van der Waals surface area contributed by atoms with Gasteiger partial charge < -0.3 is 20.4 Å². The Hall–Kier alpha value is -1.30. The van der Waals surface area contributed by atoms with Crippen molar-refractivity contribution in [2.75, 3.05) is 19.7 Å². The van der Waals surface area contributed by atoms with E-state index >= 15 is 0 Å². The minimum Gasteiger partial charge on any atom is -0.481 e. The lowest BCUT2D eigenvalue weighted by atomic mass is 9.94. The highest BCUT2D eigenvalue weighted by atomic mass is 16.4. The number of nitrogens with one attached hydrogen (secondary N) is 1. The van der Waals surface area contributed by atoms with Crippen LogP contribution in [0.4, 0.5) is 4.79 Å². The van der Waals surface area contributed by atoms with Crippen molar-refractivity contribution >= 4 is 12.0 Å². The number of hydrogen-bond acceptors (Lipinski definition) is 3. The molecule has 0 fully saturated rings. The van der Waals surface area contributed by atoms with Crippen molar-refractivity contribution in [1.82, 2.24) is 10.2 Å². The Morgan fingerprint density at radius 1 is 1.20 bits per heavy atom. The van der Waals surface area contributed by atoms with Gasteiger partial charge in [0.25, 0.3) is 0 Å². The molecule has 20 heavy (non-hydrogen) atoms. The number of hydrogen-bond donors (Lipinski definition) is 3. The molecule has 0 saturated heterocycles. The zero-order valence-corrected chi connectivity index (χ0v) is 12.9. The van der Waals surface area contributed by atoms with Crippen LogP contribution in [-0.4, -0.2) is 52.9 Å². The first-order chi connectivity index (χ1) is 9.27. The van der Waals surface area contributed by atoms with Gasteiger partial charge in [0.15, 0.2) is 0 Å². The molecule has 0 aliphatic heterocycles. The summed E-state index contributed by atoms with van der Waals surface area (Å²) in [5, 5.41) is 20.6. The maximum absolute atomic E-state index is 12.0. The summed E-state index contributed by atoms with van der Waals surface area (Å²) in [6.45, 7) is 8.34. The molecule has 0 radical (unpaired) electrons. The highest BCUT2D eigenvalue weighted by Crippen LogP contribution is 2.15. The minimum absolute atomic E-state index is 0.00910. The van der Waals surface area contributed by atoms with Crippen LogP contribution in [0.1, 0.15) is 40.5 Å².